The van der Waals surface area contributed by atoms with E-state index in [9.17, 15) is 8.42 Å². The highest BCUT2D eigenvalue weighted by molar-refractivity contribution is 7.91. The summed E-state index contributed by atoms with van der Waals surface area (Å²) < 4.78 is 23.8. The van der Waals surface area contributed by atoms with E-state index in [1.54, 1.807) is 6.07 Å². The van der Waals surface area contributed by atoms with Crippen LogP contribution in [0.25, 0.3) is 0 Å². The summed E-state index contributed by atoms with van der Waals surface area (Å²) in [7, 11) is -3.27. The number of nitrogens with zero attached hydrogens (tertiary/aromatic N) is 1. The zero-order valence-electron chi connectivity index (χ0n) is 9.32. The molecule has 0 aromatic carbocycles. The van der Waals surface area contributed by atoms with Crippen molar-refractivity contribution in [2.45, 2.75) is 37.5 Å². The number of sulfone groups is 1. The molecular weight excluding hydrogens is 246 g/mol. The fraction of sp³-hybridized carbons (Fsp3) is 0.545. The van der Waals surface area contributed by atoms with Crippen LogP contribution < -0.4 is 0 Å². The molecule has 0 amide bonds. The summed E-state index contributed by atoms with van der Waals surface area (Å²) in [6.45, 7) is 2.09. The van der Waals surface area contributed by atoms with Crippen LogP contribution in [0.2, 0.25) is 5.15 Å². The molecule has 0 unspecified atom stereocenters. The van der Waals surface area contributed by atoms with Crippen LogP contribution in [-0.4, -0.2) is 19.2 Å². The van der Waals surface area contributed by atoms with Gasteiger partial charge in [-0.05, 0) is 18.6 Å². The second-order valence-corrected chi connectivity index (χ2v) is 6.11. The molecular formula is C11H16ClNO2S. The van der Waals surface area contributed by atoms with Crippen molar-refractivity contribution in [2.24, 2.45) is 0 Å². The number of halogens is 1. The van der Waals surface area contributed by atoms with Gasteiger partial charge in [-0.2, -0.15) is 0 Å². The quantitative estimate of drug-likeness (QED) is 0.584. The van der Waals surface area contributed by atoms with Crippen LogP contribution in [-0.2, 0) is 9.84 Å². The van der Waals surface area contributed by atoms with Crippen LogP contribution in [0, 0.1) is 0 Å². The fourth-order valence-electron chi connectivity index (χ4n) is 1.43. The van der Waals surface area contributed by atoms with Crippen molar-refractivity contribution in [3.8, 4) is 0 Å². The first kappa shape index (κ1) is 13.5. The number of unbranched alkanes of at least 4 members (excludes halogenated alkanes) is 3. The predicted octanol–water partition coefficient (Wildman–Crippen LogP) is 3.09. The molecule has 0 aliphatic rings. The Bertz CT molecular complexity index is 431. The largest absolute Gasteiger partial charge is 0.243 e. The van der Waals surface area contributed by atoms with Gasteiger partial charge in [0, 0.05) is 6.20 Å². The van der Waals surface area contributed by atoms with Gasteiger partial charge in [-0.1, -0.05) is 37.8 Å². The minimum Gasteiger partial charge on any atom is -0.243 e. The molecule has 0 atom stereocenters. The molecule has 0 fully saturated rings. The Morgan fingerprint density at radius 1 is 1.31 bits per heavy atom. The van der Waals surface area contributed by atoms with Gasteiger partial charge in [-0.3, -0.25) is 0 Å². The maximum Gasteiger partial charge on any atom is 0.181 e. The number of hydrogen-bond acceptors (Lipinski definition) is 3. The van der Waals surface area contributed by atoms with Gasteiger partial charge in [-0.25, -0.2) is 13.4 Å². The van der Waals surface area contributed by atoms with Crippen LogP contribution >= 0.6 is 11.6 Å². The monoisotopic (exact) mass is 261 g/mol. The second-order valence-electron chi connectivity index (χ2n) is 3.67. The molecule has 0 saturated carbocycles. The number of pyridine rings is 1. The topological polar surface area (TPSA) is 47.0 Å². The van der Waals surface area contributed by atoms with Crippen molar-refractivity contribution in [1.29, 1.82) is 0 Å². The van der Waals surface area contributed by atoms with E-state index in [0.717, 1.165) is 19.3 Å². The third kappa shape index (κ3) is 3.76. The Hall–Kier alpha value is -0.610. The van der Waals surface area contributed by atoms with Crippen molar-refractivity contribution in [1.82, 2.24) is 4.98 Å². The highest BCUT2D eigenvalue weighted by Crippen LogP contribution is 2.20. The fourth-order valence-corrected chi connectivity index (χ4v) is 3.30. The Morgan fingerprint density at radius 2 is 2.06 bits per heavy atom. The summed E-state index contributed by atoms with van der Waals surface area (Å²) in [5, 5.41) is 0.0676. The van der Waals surface area contributed by atoms with E-state index in [1.165, 1.54) is 12.3 Å². The van der Waals surface area contributed by atoms with Crippen LogP contribution in [0.5, 0.6) is 0 Å². The van der Waals surface area contributed by atoms with Gasteiger partial charge < -0.3 is 0 Å². The molecule has 1 rings (SSSR count). The number of rotatable bonds is 6. The lowest BCUT2D eigenvalue weighted by Crippen LogP contribution is -2.08. The highest BCUT2D eigenvalue weighted by atomic mass is 35.5. The van der Waals surface area contributed by atoms with E-state index in [0.29, 0.717) is 6.42 Å². The van der Waals surface area contributed by atoms with Crippen molar-refractivity contribution < 1.29 is 8.42 Å². The standard InChI is InChI=1S/C11H16ClNO2S/c1-2-3-4-5-9-16(14,15)10-7-6-8-13-11(10)12/h6-8H,2-5,9H2,1H3. The molecule has 90 valence electrons. The lowest BCUT2D eigenvalue weighted by Gasteiger charge is -2.05. The first-order valence-corrected chi connectivity index (χ1v) is 7.44. The smallest absolute Gasteiger partial charge is 0.181 e. The van der Waals surface area contributed by atoms with Gasteiger partial charge in [-0.15, -0.1) is 0 Å². The van der Waals surface area contributed by atoms with Crippen LogP contribution in [0.3, 0.4) is 0 Å². The first-order valence-electron chi connectivity index (χ1n) is 5.41. The summed E-state index contributed by atoms with van der Waals surface area (Å²) in [6.07, 6.45) is 5.26. The second kappa shape index (κ2) is 6.21. The van der Waals surface area contributed by atoms with Crippen LogP contribution in [0.4, 0.5) is 0 Å². The predicted molar refractivity (Wildman–Crippen MR) is 65.4 cm³/mol. The Morgan fingerprint density at radius 3 is 2.69 bits per heavy atom. The molecule has 0 bridgehead atoms. The van der Waals surface area contributed by atoms with Gasteiger partial charge in [0.05, 0.1) is 5.75 Å². The Kier molecular flexibility index (Phi) is 5.22. The summed E-state index contributed by atoms with van der Waals surface area (Å²) >= 11 is 5.76. The van der Waals surface area contributed by atoms with Gasteiger partial charge in [0.15, 0.2) is 9.84 Å². The molecule has 0 aliphatic heterocycles. The third-order valence-corrected chi connectivity index (χ3v) is 4.57. The van der Waals surface area contributed by atoms with Crippen molar-refractivity contribution in [2.75, 3.05) is 5.75 Å². The van der Waals surface area contributed by atoms with E-state index >= 15 is 0 Å². The van der Waals surface area contributed by atoms with E-state index in [2.05, 4.69) is 11.9 Å². The molecule has 0 spiro atoms. The van der Waals surface area contributed by atoms with E-state index in [-0.39, 0.29) is 15.8 Å². The maximum absolute atomic E-state index is 11.9. The zero-order chi connectivity index (χ0) is 12.0. The summed E-state index contributed by atoms with van der Waals surface area (Å²) in [5.74, 6) is 0.151. The van der Waals surface area contributed by atoms with E-state index in [1.807, 2.05) is 0 Å². The first-order chi connectivity index (χ1) is 7.58. The molecule has 1 aromatic heterocycles. The van der Waals surface area contributed by atoms with Gasteiger partial charge >= 0.3 is 0 Å². The normalized spacial score (nSPS) is 11.6. The minimum atomic E-state index is -3.27. The molecule has 1 heterocycles. The zero-order valence-corrected chi connectivity index (χ0v) is 10.9. The van der Waals surface area contributed by atoms with E-state index < -0.39 is 9.84 Å². The Balaban J connectivity index is 2.68. The number of aromatic nitrogens is 1. The van der Waals surface area contributed by atoms with Gasteiger partial charge in [0.25, 0.3) is 0 Å². The maximum atomic E-state index is 11.9. The average molecular weight is 262 g/mol. The van der Waals surface area contributed by atoms with E-state index in [4.69, 9.17) is 11.6 Å². The Labute approximate surface area is 102 Å². The van der Waals surface area contributed by atoms with Gasteiger partial charge in [0.1, 0.15) is 10.0 Å². The summed E-state index contributed by atoms with van der Waals surface area (Å²) in [6, 6.07) is 3.09. The van der Waals surface area contributed by atoms with Crippen molar-refractivity contribution in [3.63, 3.8) is 0 Å². The van der Waals surface area contributed by atoms with Crippen molar-refractivity contribution in [3.05, 3.63) is 23.5 Å². The third-order valence-electron chi connectivity index (χ3n) is 2.33. The minimum absolute atomic E-state index is 0.0676. The molecule has 0 radical (unpaired) electrons. The summed E-state index contributed by atoms with van der Waals surface area (Å²) in [5.41, 5.74) is 0. The van der Waals surface area contributed by atoms with Crippen LogP contribution in [0.1, 0.15) is 32.6 Å². The average Bonchev–Trinajstić information content (AvgIpc) is 2.25. The SMILES string of the molecule is CCCCCCS(=O)(=O)c1cccnc1Cl. The summed E-state index contributed by atoms with van der Waals surface area (Å²) in [4.78, 5) is 3.92. The molecule has 0 N–H and O–H groups in total. The number of hydrogen-bond donors (Lipinski definition) is 0. The lowest BCUT2D eigenvalue weighted by atomic mass is 10.2. The van der Waals surface area contributed by atoms with Crippen molar-refractivity contribution >= 4 is 21.4 Å². The molecule has 1 aromatic rings. The molecule has 3 nitrogen and oxygen atoms in total. The molecule has 5 heteroatoms. The van der Waals surface area contributed by atoms with Gasteiger partial charge in [0.2, 0.25) is 0 Å². The lowest BCUT2D eigenvalue weighted by molar-refractivity contribution is 0.588. The molecule has 16 heavy (non-hydrogen) atoms. The molecule has 0 aliphatic carbocycles. The van der Waals surface area contributed by atoms with Crippen LogP contribution in [0.15, 0.2) is 23.2 Å². The molecule has 0 saturated heterocycles. The highest BCUT2D eigenvalue weighted by Gasteiger charge is 2.17.